The van der Waals surface area contributed by atoms with Crippen molar-refractivity contribution < 1.29 is 9.53 Å². The Bertz CT molecular complexity index is 784. The lowest BCUT2D eigenvalue weighted by Gasteiger charge is -2.26. The molecule has 2 aliphatic rings. The van der Waals surface area contributed by atoms with E-state index >= 15 is 0 Å². The molecule has 0 spiro atoms. The standard InChI is InChI=1S/C20H26N4O2/c1-23-19-5-3-4-18(17(19)12-21-23)22-20(25)24-11-10-15(13-24)14-6-8-16(26-2)9-7-14/h6-9,12,15,18H,3-5,10-11,13H2,1-2H3,(H,22,25). The van der Waals surface area contributed by atoms with Gasteiger partial charge in [-0.2, -0.15) is 5.10 Å². The lowest BCUT2D eigenvalue weighted by Crippen LogP contribution is -2.41. The number of fused-ring (bicyclic) bond motifs is 1. The molecule has 1 aromatic heterocycles. The van der Waals surface area contributed by atoms with Gasteiger partial charge in [-0.3, -0.25) is 4.68 Å². The molecule has 0 saturated carbocycles. The summed E-state index contributed by atoms with van der Waals surface area (Å²) in [7, 11) is 3.65. The minimum absolute atomic E-state index is 0.0442. The van der Waals surface area contributed by atoms with E-state index in [1.165, 1.54) is 16.8 Å². The molecule has 2 heterocycles. The molecule has 6 heteroatoms. The van der Waals surface area contributed by atoms with Crippen molar-refractivity contribution in [3.05, 3.63) is 47.3 Å². The van der Waals surface area contributed by atoms with Gasteiger partial charge in [-0.1, -0.05) is 12.1 Å². The van der Waals surface area contributed by atoms with Crippen molar-refractivity contribution in [1.82, 2.24) is 20.0 Å². The summed E-state index contributed by atoms with van der Waals surface area (Å²) >= 11 is 0. The van der Waals surface area contributed by atoms with E-state index in [0.29, 0.717) is 5.92 Å². The molecule has 26 heavy (non-hydrogen) atoms. The molecule has 1 saturated heterocycles. The summed E-state index contributed by atoms with van der Waals surface area (Å²) in [4.78, 5) is 14.7. The van der Waals surface area contributed by atoms with Gasteiger partial charge in [0.15, 0.2) is 0 Å². The van der Waals surface area contributed by atoms with Crippen molar-refractivity contribution in [3.8, 4) is 5.75 Å². The maximum absolute atomic E-state index is 12.8. The zero-order valence-electron chi connectivity index (χ0n) is 15.4. The van der Waals surface area contributed by atoms with Crippen LogP contribution in [0.2, 0.25) is 0 Å². The number of ether oxygens (including phenoxy) is 1. The van der Waals surface area contributed by atoms with E-state index in [-0.39, 0.29) is 12.1 Å². The summed E-state index contributed by atoms with van der Waals surface area (Å²) in [6.07, 6.45) is 6.03. The van der Waals surface area contributed by atoms with Gasteiger partial charge in [-0.15, -0.1) is 0 Å². The van der Waals surface area contributed by atoms with E-state index in [1.807, 2.05) is 35.0 Å². The van der Waals surface area contributed by atoms with Gasteiger partial charge in [-0.05, 0) is 43.4 Å². The number of hydrogen-bond acceptors (Lipinski definition) is 3. The summed E-state index contributed by atoms with van der Waals surface area (Å²) < 4.78 is 7.16. The molecule has 1 aliphatic heterocycles. The van der Waals surface area contributed by atoms with Crippen LogP contribution in [0.5, 0.6) is 5.75 Å². The fourth-order valence-corrected chi connectivity index (χ4v) is 4.19. The molecule has 1 fully saturated rings. The molecule has 1 N–H and O–H groups in total. The molecule has 2 aromatic rings. The number of aromatic nitrogens is 2. The highest BCUT2D eigenvalue weighted by atomic mass is 16.5. The Balaban J connectivity index is 1.39. The lowest BCUT2D eigenvalue weighted by molar-refractivity contribution is 0.202. The Labute approximate surface area is 154 Å². The van der Waals surface area contributed by atoms with E-state index in [2.05, 4.69) is 22.5 Å². The highest BCUT2D eigenvalue weighted by Crippen LogP contribution is 2.31. The summed E-state index contributed by atoms with van der Waals surface area (Å²) in [6.45, 7) is 1.57. The van der Waals surface area contributed by atoms with Gasteiger partial charge in [0.1, 0.15) is 5.75 Å². The van der Waals surface area contributed by atoms with E-state index in [4.69, 9.17) is 4.74 Å². The number of likely N-dealkylation sites (tertiary alicyclic amines) is 1. The number of benzene rings is 1. The summed E-state index contributed by atoms with van der Waals surface area (Å²) in [5, 5.41) is 7.59. The van der Waals surface area contributed by atoms with Crippen molar-refractivity contribution in [1.29, 1.82) is 0 Å². The average Bonchev–Trinajstić information content (AvgIpc) is 3.30. The third-order valence-corrected chi connectivity index (χ3v) is 5.74. The minimum atomic E-state index is 0.0442. The van der Waals surface area contributed by atoms with E-state index in [1.54, 1.807) is 7.11 Å². The van der Waals surface area contributed by atoms with Crippen LogP contribution in [-0.4, -0.2) is 40.9 Å². The van der Waals surface area contributed by atoms with Crippen LogP contribution >= 0.6 is 0 Å². The first-order valence-electron chi connectivity index (χ1n) is 9.36. The molecule has 6 nitrogen and oxygen atoms in total. The molecular formula is C20H26N4O2. The molecule has 4 rings (SSSR count). The minimum Gasteiger partial charge on any atom is -0.497 e. The van der Waals surface area contributed by atoms with E-state index in [9.17, 15) is 4.79 Å². The number of hydrogen-bond donors (Lipinski definition) is 1. The number of carbonyl (C=O) groups is 1. The van der Waals surface area contributed by atoms with Crippen LogP contribution < -0.4 is 10.1 Å². The normalized spacial score (nSPS) is 22.2. The predicted molar refractivity (Wildman–Crippen MR) is 99.3 cm³/mol. The van der Waals surface area contributed by atoms with Crippen molar-refractivity contribution in [3.63, 3.8) is 0 Å². The Kier molecular flexibility index (Phi) is 4.57. The van der Waals surface area contributed by atoms with Gasteiger partial charge in [0.25, 0.3) is 0 Å². The summed E-state index contributed by atoms with van der Waals surface area (Å²) in [5.41, 5.74) is 3.70. The Morgan fingerprint density at radius 2 is 2.08 bits per heavy atom. The second-order valence-corrected chi connectivity index (χ2v) is 7.27. The Morgan fingerprint density at radius 3 is 2.85 bits per heavy atom. The highest BCUT2D eigenvalue weighted by molar-refractivity contribution is 5.75. The second-order valence-electron chi connectivity index (χ2n) is 7.27. The predicted octanol–water partition coefficient (Wildman–Crippen LogP) is 3.01. The maximum Gasteiger partial charge on any atom is 0.317 e. The van der Waals surface area contributed by atoms with Crippen LogP contribution in [0.1, 0.15) is 48.0 Å². The first-order valence-corrected chi connectivity index (χ1v) is 9.36. The monoisotopic (exact) mass is 354 g/mol. The van der Waals surface area contributed by atoms with E-state index < -0.39 is 0 Å². The van der Waals surface area contributed by atoms with Gasteiger partial charge in [0.2, 0.25) is 0 Å². The highest BCUT2D eigenvalue weighted by Gasteiger charge is 2.30. The van der Waals surface area contributed by atoms with Crippen LogP contribution in [0.4, 0.5) is 4.79 Å². The van der Waals surface area contributed by atoms with Crippen LogP contribution in [0, 0.1) is 0 Å². The number of nitrogens with zero attached hydrogens (tertiary/aromatic N) is 3. The molecule has 0 bridgehead atoms. The SMILES string of the molecule is COc1ccc(C2CCN(C(=O)NC3CCCc4c3cnn4C)C2)cc1. The Hall–Kier alpha value is -2.50. The third-order valence-electron chi connectivity index (χ3n) is 5.74. The van der Waals surface area contributed by atoms with Gasteiger partial charge in [-0.25, -0.2) is 4.79 Å². The fraction of sp³-hybridized carbons (Fsp3) is 0.500. The number of carbonyl (C=O) groups excluding carboxylic acids is 1. The molecule has 2 unspecified atom stereocenters. The molecular weight excluding hydrogens is 328 g/mol. The smallest absolute Gasteiger partial charge is 0.317 e. The number of urea groups is 1. The van der Waals surface area contributed by atoms with Crippen LogP contribution in [0.25, 0.3) is 0 Å². The fourth-order valence-electron chi connectivity index (χ4n) is 4.19. The maximum atomic E-state index is 12.8. The first-order chi connectivity index (χ1) is 12.7. The lowest BCUT2D eigenvalue weighted by atomic mass is 9.93. The molecule has 1 aliphatic carbocycles. The largest absolute Gasteiger partial charge is 0.497 e. The quantitative estimate of drug-likeness (QED) is 0.922. The summed E-state index contributed by atoms with van der Waals surface area (Å²) in [5.74, 6) is 1.26. The average molecular weight is 354 g/mol. The number of rotatable bonds is 3. The van der Waals surface area contributed by atoms with Crippen molar-refractivity contribution >= 4 is 6.03 Å². The first kappa shape index (κ1) is 16.9. The van der Waals surface area contributed by atoms with Crippen molar-refractivity contribution in [2.45, 2.75) is 37.6 Å². The van der Waals surface area contributed by atoms with Crippen LogP contribution in [0.15, 0.2) is 30.5 Å². The number of amides is 2. The molecule has 2 amide bonds. The zero-order chi connectivity index (χ0) is 18.1. The second kappa shape index (κ2) is 7.02. The van der Waals surface area contributed by atoms with Crippen molar-refractivity contribution in [2.24, 2.45) is 7.05 Å². The van der Waals surface area contributed by atoms with Crippen LogP contribution in [-0.2, 0) is 13.5 Å². The van der Waals surface area contributed by atoms with Gasteiger partial charge in [0.05, 0.1) is 19.3 Å². The third kappa shape index (κ3) is 3.16. The van der Waals surface area contributed by atoms with Crippen molar-refractivity contribution in [2.75, 3.05) is 20.2 Å². The molecule has 0 radical (unpaired) electrons. The number of methoxy groups -OCH3 is 1. The van der Waals surface area contributed by atoms with Gasteiger partial charge in [0, 0.05) is 37.3 Å². The molecule has 138 valence electrons. The van der Waals surface area contributed by atoms with E-state index in [0.717, 1.165) is 44.5 Å². The van der Waals surface area contributed by atoms with Crippen LogP contribution in [0.3, 0.4) is 0 Å². The molecule has 1 aromatic carbocycles. The number of aryl methyl sites for hydroxylation is 1. The summed E-state index contributed by atoms with van der Waals surface area (Å²) in [6, 6.07) is 8.32. The van der Waals surface area contributed by atoms with Gasteiger partial charge < -0.3 is 15.0 Å². The Morgan fingerprint density at radius 1 is 1.27 bits per heavy atom. The number of nitrogens with one attached hydrogen (secondary N) is 1. The zero-order valence-corrected chi connectivity index (χ0v) is 15.4. The van der Waals surface area contributed by atoms with Gasteiger partial charge >= 0.3 is 6.03 Å². The topological polar surface area (TPSA) is 59.4 Å². The molecule has 2 atom stereocenters.